The van der Waals surface area contributed by atoms with Crippen LogP contribution in [0.1, 0.15) is 23.4 Å². The molecule has 1 aliphatic rings. The summed E-state index contributed by atoms with van der Waals surface area (Å²) in [6.45, 7) is 5.16. The monoisotopic (exact) mass is 228 g/mol. The first-order chi connectivity index (χ1) is 8.25. The molecule has 0 spiro atoms. The van der Waals surface area contributed by atoms with Crippen molar-refractivity contribution < 1.29 is 0 Å². The molecule has 2 aromatic rings. The van der Waals surface area contributed by atoms with Gasteiger partial charge in [0.05, 0.1) is 17.1 Å². The number of aromatic amines is 1. The van der Waals surface area contributed by atoms with Gasteiger partial charge in [0.15, 0.2) is 0 Å². The van der Waals surface area contributed by atoms with Gasteiger partial charge in [0.1, 0.15) is 5.69 Å². The van der Waals surface area contributed by atoms with Crippen LogP contribution in [0.4, 0.5) is 5.69 Å². The van der Waals surface area contributed by atoms with Crippen LogP contribution in [-0.2, 0) is 6.42 Å². The predicted octanol–water partition coefficient (Wildman–Crippen LogP) is 2.45. The van der Waals surface area contributed by atoms with E-state index in [4.69, 9.17) is 4.98 Å². The molecule has 4 nitrogen and oxygen atoms in total. The van der Waals surface area contributed by atoms with Crippen LogP contribution in [0.25, 0.3) is 11.4 Å². The molecule has 17 heavy (non-hydrogen) atoms. The summed E-state index contributed by atoms with van der Waals surface area (Å²) >= 11 is 0. The molecule has 0 amide bonds. The lowest BCUT2D eigenvalue weighted by molar-refractivity contribution is 0.802. The second kappa shape index (κ2) is 3.87. The fraction of sp³-hybridized carbons (Fsp3) is 0.385. The lowest BCUT2D eigenvalue weighted by atomic mass is 10.1. The van der Waals surface area contributed by atoms with Crippen LogP contribution in [0.3, 0.4) is 0 Å². The molecule has 0 bridgehead atoms. The Labute approximate surface area is 100 Å². The summed E-state index contributed by atoms with van der Waals surface area (Å²) in [6, 6.07) is 4.15. The van der Waals surface area contributed by atoms with Gasteiger partial charge in [-0.05, 0) is 44.4 Å². The molecule has 2 aromatic heterocycles. The summed E-state index contributed by atoms with van der Waals surface area (Å²) in [6.07, 6.45) is 2.21. The standard InChI is InChI=1S/C13H16N4/c1-8-9(2)16-17-13(8)12-6-5-10-11(15-12)4-3-7-14-10/h5-6,14H,3-4,7H2,1-2H3,(H,16,17). The summed E-state index contributed by atoms with van der Waals surface area (Å²) in [5, 5.41) is 10.7. The van der Waals surface area contributed by atoms with Crippen molar-refractivity contribution in [2.24, 2.45) is 0 Å². The second-order valence-electron chi connectivity index (χ2n) is 4.54. The number of aromatic nitrogens is 3. The normalized spacial score (nSPS) is 14.2. The van der Waals surface area contributed by atoms with Gasteiger partial charge >= 0.3 is 0 Å². The summed E-state index contributed by atoms with van der Waals surface area (Å²) < 4.78 is 0. The molecule has 0 fully saturated rings. The second-order valence-corrected chi connectivity index (χ2v) is 4.54. The highest BCUT2D eigenvalue weighted by molar-refractivity contribution is 5.63. The molecule has 0 unspecified atom stereocenters. The van der Waals surface area contributed by atoms with E-state index in [1.54, 1.807) is 0 Å². The molecule has 0 aliphatic carbocycles. The Morgan fingerprint density at radius 1 is 1.24 bits per heavy atom. The Balaban J connectivity index is 2.07. The minimum atomic E-state index is 0.967. The number of aryl methyl sites for hydroxylation is 2. The van der Waals surface area contributed by atoms with E-state index in [1.807, 2.05) is 13.0 Å². The Morgan fingerprint density at radius 3 is 2.88 bits per heavy atom. The van der Waals surface area contributed by atoms with Crippen LogP contribution in [0.5, 0.6) is 0 Å². The SMILES string of the molecule is Cc1[nH]nc(-c2ccc3c(n2)CCCN3)c1C. The summed E-state index contributed by atoms with van der Waals surface area (Å²) in [4.78, 5) is 4.71. The number of hydrogen-bond acceptors (Lipinski definition) is 3. The van der Waals surface area contributed by atoms with Crippen LogP contribution < -0.4 is 5.32 Å². The van der Waals surface area contributed by atoms with Gasteiger partial charge in [0.25, 0.3) is 0 Å². The minimum Gasteiger partial charge on any atom is -0.384 e. The van der Waals surface area contributed by atoms with Gasteiger partial charge in [-0.15, -0.1) is 0 Å². The highest BCUT2D eigenvalue weighted by Crippen LogP contribution is 2.26. The first kappa shape index (κ1) is 10.3. The van der Waals surface area contributed by atoms with Crippen molar-refractivity contribution >= 4 is 5.69 Å². The maximum atomic E-state index is 4.71. The number of rotatable bonds is 1. The minimum absolute atomic E-state index is 0.967. The zero-order valence-corrected chi connectivity index (χ0v) is 10.2. The van der Waals surface area contributed by atoms with Crippen molar-refractivity contribution in [1.82, 2.24) is 15.2 Å². The maximum absolute atomic E-state index is 4.71. The Bertz CT molecular complexity index is 557. The van der Waals surface area contributed by atoms with E-state index in [9.17, 15) is 0 Å². The molecule has 0 saturated heterocycles. The highest BCUT2D eigenvalue weighted by atomic mass is 15.1. The first-order valence-corrected chi connectivity index (χ1v) is 6.01. The summed E-state index contributed by atoms with van der Waals surface area (Å²) in [7, 11) is 0. The van der Waals surface area contributed by atoms with Gasteiger partial charge in [-0.25, -0.2) is 4.98 Å². The van der Waals surface area contributed by atoms with Crippen LogP contribution in [0, 0.1) is 13.8 Å². The average molecular weight is 228 g/mol. The first-order valence-electron chi connectivity index (χ1n) is 6.01. The Morgan fingerprint density at radius 2 is 2.12 bits per heavy atom. The fourth-order valence-corrected chi connectivity index (χ4v) is 2.20. The molecule has 88 valence electrons. The van der Waals surface area contributed by atoms with Crippen molar-refractivity contribution in [1.29, 1.82) is 0 Å². The zero-order valence-electron chi connectivity index (χ0n) is 10.2. The average Bonchev–Trinajstić information content (AvgIpc) is 2.70. The maximum Gasteiger partial charge on any atom is 0.114 e. The van der Waals surface area contributed by atoms with Crippen molar-refractivity contribution in [3.05, 3.63) is 29.1 Å². The van der Waals surface area contributed by atoms with Gasteiger partial charge in [-0.1, -0.05) is 0 Å². The summed E-state index contributed by atoms with van der Waals surface area (Å²) in [5.74, 6) is 0. The molecule has 0 aromatic carbocycles. The van der Waals surface area contributed by atoms with E-state index in [2.05, 4.69) is 28.5 Å². The van der Waals surface area contributed by atoms with Gasteiger partial charge in [0, 0.05) is 12.2 Å². The fourth-order valence-electron chi connectivity index (χ4n) is 2.20. The van der Waals surface area contributed by atoms with Gasteiger partial charge < -0.3 is 5.32 Å². The Kier molecular flexibility index (Phi) is 2.35. The van der Waals surface area contributed by atoms with E-state index in [1.165, 1.54) is 11.3 Å². The number of H-pyrrole nitrogens is 1. The van der Waals surface area contributed by atoms with E-state index >= 15 is 0 Å². The van der Waals surface area contributed by atoms with Crippen LogP contribution in [-0.4, -0.2) is 21.7 Å². The molecule has 2 N–H and O–H groups in total. The topological polar surface area (TPSA) is 53.6 Å². The number of hydrogen-bond donors (Lipinski definition) is 2. The van der Waals surface area contributed by atoms with Crippen molar-refractivity contribution in [3.8, 4) is 11.4 Å². The lowest BCUT2D eigenvalue weighted by Crippen LogP contribution is -2.13. The zero-order chi connectivity index (χ0) is 11.8. The van der Waals surface area contributed by atoms with Crippen molar-refractivity contribution in [3.63, 3.8) is 0 Å². The van der Waals surface area contributed by atoms with E-state index in [0.29, 0.717) is 0 Å². The molecular formula is C13H16N4. The van der Waals surface area contributed by atoms with Crippen LogP contribution in [0.2, 0.25) is 0 Å². The molecule has 3 rings (SSSR count). The number of fused-ring (bicyclic) bond motifs is 1. The van der Waals surface area contributed by atoms with Crippen molar-refractivity contribution in [2.75, 3.05) is 11.9 Å². The number of nitrogens with one attached hydrogen (secondary N) is 2. The van der Waals surface area contributed by atoms with E-state index < -0.39 is 0 Å². The van der Waals surface area contributed by atoms with Crippen molar-refractivity contribution in [2.45, 2.75) is 26.7 Å². The van der Waals surface area contributed by atoms with E-state index in [0.717, 1.165) is 42.2 Å². The predicted molar refractivity (Wildman–Crippen MR) is 68.1 cm³/mol. The van der Waals surface area contributed by atoms with E-state index in [-0.39, 0.29) is 0 Å². The number of pyridine rings is 1. The smallest absolute Gasteiger partial charge is 0.114 e. The summed E-state index contributed by atoms with van der Waals surface area (Å²) in [5.41, 5.74) is 6.56. The molecular weight excluding hydrogens is 212 g/mol. The largest absolute Gasteiger partial charge is 0.384 e. The number of anilines is 1. The van der Waals surface area contributed by atoms with Crippen LogP contribution in [0.15, 0.2) is 12.1 Å². The quantitative estimate of drug-likeness (QED) is 0.788. The Hall–Kier alpha value is -1.84. The van der Waals surface area contributed by atoms with Crippen LogP contribution >= 0.6 is 0 Å². The molecule has 1 aliphatic heterocycles. The van der Waals surface area contributed by atoms with Gasteiger partial charge in [-0.2, -0.15) is 5.10 Å². The molecule has 4 heteroatoms. The molecule has 0 atom stereocenters. The highest BCUT2D eigenvalue weighted by Gasteiger charge is 2.14. The molecule has 3 heterocycles. The lowest BCUT2D eigenvalue weighted by Gasteiger charge is -2.17. The van der Waals surface area contributed by atoms with Gasteiger partial charge in [-0.3, -0.25) is 5.10 Å². The van der Waals surface area contributed by atoms with Gasteiger partial charge in [0.2, 0.25) is 0 Å². The third kappa shape index (κ3) is 1.69. The third-order valence-electron chi connectivity index (χ3n) is 3.38. The third-order valence-corrected chi connectivity index (χ3v) is 3.38. The molecule has 0 radical (unpaired) electrons. The molecule has 0 saturated carbocycles. The number of nitrogens with zero attached hydrogens (tertiary/aromatic N) is 2.